The Hall–Kier alpha value is -0.870. The second-order valence-corrected chi connectivity index (χ2v) is 5.77. The molecule has 0 amide bonds. The third-order valence-corrected chi connectivity index (χ3v) is 4.31. The molecule has 2 fully saturated rings. The van der Waals surface area contributed by atoms with Gasteiger partial charge in [-0.15, -0.1) is 0 Å². The molecule has 1 aromatic heterocycles. The summed E-state index contributed by atoms with van der Waals surface area (Å²) in [5, 5.41) is 7.56. The van der Waals surface area contributed by atoms with Crippen LogP contribution in [0.25, 0.3) is 0 Å². The average molecular weight is 249 g/mol. The van der Waals surface area contributed by atoms with Gasteiger partial charge in [-0.05, 0) is 32.7 Å². The molecule has 3 rings (SSSR count). The number of rotatable bonds is 4. The van der Waals surface area contributed by atoms with Crippen LogP contribution in [-0.2, 0) is 17.8 Å². The molecule has 0 bridgehead atoms. The summed E-state index contributed by atoms with van der Waals surface area (Å²) >= 11 is 0. The predicted molar refractivity (Wildman–Crippen MR) is 70.3 cm³/mol. The van der Waals surface area contributed by atoms with E-state index < -0.39 is 0 Å². The SMILES string of the molecule is CNCc1cnn(CC2CCC3(CCCC3)O2)c1. The van der Waals surface area contributed by atoms with Gasteiger partial charge in [-0.3, -0.25) is 4.68 Å². The summed E-state index contributed by atoms with van der Waals surface area (Å²) < 4.78 is 8.34. The van der Waals surface area contributed by atoms with Crippen LogP contribution in [0.1, 0.15) is 44.1 Å². The van der Waals surface area contributed by atoms with Gasteiger partial charge >= 0.3 is 0 Å². The van der Waals surface area contributed by atoms with E-state index in [1.165, 1.54) is 44.1 Å². The first-order valence-electron chi connectivity index (χ1n) is 7.13. The molecule has 1 atom stereocenters. The topological polar surface area (TPSA) is 39.1 Å². The molecule has 100 valence electrons. The molecular weight excluding hydrogens is 226 g/mol. The Kier molecular flexibility index (Phi) is 3.39. The number of hydrogen-bond acceptors (Lipinski definition) is 3. The van der Waals surface area contributed by atoms with Gasteiger partial charge in [0.15, 0.2) is 0 Å². The molecule has 1 aliphatic carbocycles. The molecule has 0 radical (unpaired) electrons. The van der Waals surface area contributed by atoms with Gasteiger partial charge < -0.3 is 10.1 Å². The third-order valence-electron chi connectivity index (χ3n) is 4.31. The van der Waals surface area contributed by atoms with E-state index in [-0.39, 0.29) is 5.60 Å². The van der Waals surface area contributed by atoms with Gasteiger partial charge in [-0.2, -0.15) is 5.10 Å². The molecule has 1 saturated carbocycles. The molecule has 1 unspecified atom stereocenters. The first-order chi connectivity index (χ1) is 8.80. The maximum Gasteiger partial charge on any atom is 0.0779 e. The highest BCUT2D eigenvalue weighted by Gasteiger charge is 2.42. The van der Waals surface area contributed by atoms with Gasteiger partial charge in [0.1, 0.15) is 0 Å². The van der Waals surface area contributed by atoms with E-state index in [2.05, 4.69) is 16.6 Å². The fourth-order valence-corrected chi connectivity index (χ4v) is 3.42. The highest BCUT2D eigenvalue weighted by Crippen LogP contribution is 2.43. The van der Waals surface area contributed by atoms with E-state index in [0.717, 1.165) is 13.1 Å². The molecule has 0 aromatic carbocycles. The summed E-state index contributed by atoms with van der Waals surface area (Å²) in [6.45, 7) is 1.79. The molecule has 2 aliphatic rings. The molecule has 1 N–H and O–H groups in total. The molecule has 1 aliphatic heterocycles. The van der Waals surface area contributed by atoms with E-state index in [9.17, 15) is 0 Å². The van der Waals surface area contributed by atoms with Gasteiger partial charge in [0, 0.05) is 18.3 Å². The Bertz CT molecular complexity index is 395. The van der Waals surface area contributed by atoms with E-state index in [4.69, 9.17) is 4.74 Å². The van der Waals surface area contributed by atoms with E-state index in [1.54, 1.807) is 0 Å². The molecule has 4 heteroatoms. The minimum absolute atomic E-state index is 0.242. The van der Waals surface area contributed by atoms with Crippen molar-refractivity contribution >= 4 is 0 Å². The first kappa shape index (κ1) is 12.2. The van der Waals surface area contributed by atoms with Crippen molar-refractivity contribution in [2.24, 2.45) is 0 Å². The van der Waals surface area contributed by atoms with Crippen molar-refractivity contribution in [3.05, 3.63) is 18.0 Å². The molecule has 2 heterocycles. The second-order valence-electron chi connectivity index (χ2n) is 5.77. The molecule has 1 aromatic rings. The van der Waals surface area contributed by atoms with Crippen molar-refractivity contribution in [1.82, 2.24) is 15.1 Å². The first-order valence-corrected chi connectivity index (χ1v) is 7.13. The summed E-state index contributed by atoms with van der Waals surface area (Å²) in [7, 11) is 1.96. The largest absolute Gasteiger partial charge is 0.370 e. The maximum absolute atomic E-state index is 6.31. The minimum Gasteiger partial charge on any atom is -0.370 e. The Morgan fingerprint density at radius 3 is 3.06 bits per heavy atom. The lowest BCUT2D eigenvalue weighted by atomic mass is 9.98. The molecule has 4 nitrogen and oxygen atoms in total. The fraction of sp³-hybridized carbons (Fsp3) is 0.786. The van der Waals surface area contributed by atoms with Crippen LogP contribution in [0.3, 0.4) is 0 Å². The van der Waals surface area contributed by atoms with Gasteiger partial charge in [-0.25, -0.2) is 0 Å². The Labute approximate surface area is 109 Å². The number of nitrogens with one attached hydrogen (secondary N) is 1. The number of nitrogens with zero attached hydrogens (tertiary/aromatic N) is 2. The van der Waals surface area contributed by atoms with Crippen molar-refractivity contribution in [2.75, 3.05) is 7.05 Å². The van der Waals surface area contributed by atoms with Crippen LogP contribution in [0.5, 0.6) is 0 Å². The molecule has 18 heavy (non-hydrogen) atoms. The zero-order valence-corrected chi connectivity index (χ0v) is 11.2. The monoisotopic (exact) mass is 249 g/mol. The molecule has 1 spiro atoms. The fourth-order valence-electron chi connectivity index (χ4n) is 3.42. The second kappa shape index (κ2) is 5.02. The minimum atomic E-state index is 0.242. The van der Waals surface area contributed by atoms with Gasteiger partial charge in [0.2, 0.25) is 0 Å². The van der Waals surface area contributed by atoms with Crippen LogP contribution in [-0.4, -0.2) is 28.5 Å². The number of aromatic nitrogens is 2. The highest BCUT2D eigenvalue weighted by atomic mass is 16.5. The highest BCUT2D eigenvalue weighted by molar-refractivity contribution is 5.03. The zero-order chi connectivity index (χ0) is 12.4. The van der Waals surface area contributed by atoms with Crippen LogP contribution in [0.2, 0.25) is 0 Å². The average Bonchev–Trinajstić information content (AvgIpc) is 3.06. The lowest BCUT2D eigenvalue weighted by Gasteiger charge is -2.23. The smallest absolute Gasteiger partial charge is 0.0779 e. The summed E-state index contributed by atoms with van der Waals surface area (Å²) in [6.07, 6.45) is 12.1. The summed E-state index contributed by atoms with van der Waals surface area (Å²) in [5.74, 6) is 0. The van der Waals surface area contributed by atoms with Crippen molar-refractivity contribution in [3.63, 3.8) is 0 Å². The van der Waals surface area contributed by atoms with Crippen LogP contribution in [0.15, 0.2) is 12.4 Å². The van der Waals surface area contributed by atoms with Crippen LogP contribution >= 0.6 is 0 Å². The maximum atomic E-state index is 6.31. The summed E-state index contributed by atoms with van der Waals surface area (Å²) in [6, 6.07) is 0. The van der Waals surface area contributed by atoms with E-state index in [1.807, 2.05) is 17.9 Å². The zero-order valence-electron chi connectivity index (χ0n) is 11.2. The standard InChI is InChI=1S/C14H23N3O/c1-15-8-12-9-16-17(10-12)11-13-4-7-14(18-13)5-2-3-6-14/h9-10,13,15H,2-8,11H2,1H3. The summed E-state index contributed by atoms with van der Waals surface area (Å²) in [5.41, 5.74) is 1.48. The lowest BCUT2D eigenvalue weighted by Crippen LogP contribution is -2.26. The van der Waals surface area contributed by atoms with Crippen LogP contribution in [0, 0.1) is 0 Å². The predicted octanol–water partition coefficient (Wildman–Crippen LogP) is 2.09. The number of ether oxygens (including phenoxy) is 1. The quantitative estimate of drug-likeness (QED) is 0.888. The number of hydrogen-bond donors (Lipinski definition) is 1. The normalized spacial score (nSPS) is 26.2. The lowest BCUT2D eigenvalue weighted by molar-refractivity contribution is -0.0429. The van der Waals surface area contributed by atoms with Crippen LogP contribution < -0.4 is 5.32 Å². The van der Waals surface area contributed by atoms with E-state index >= 15 is 0 Å². The molecular formula is C14H23N3O. The Balaban J connectivity index is 1.56. The van der Waals surface area contributed by atoms with Gasteiger partial charge in [0.25, 0.3) is 0 Å². The van der Waals surface area contributed by atoms with Crippen molar-refractivity contribution in [1.29, 1.82) is 0 Å². The summed E-state index contributed by atoms with van der Waals surface area (Å²) in [4.78, 5) is 0. The third kappa shape index (κ3) is 2.45. The van der Waals surface area contributed by atoms with E-state index in [0.29, 0.717) is 6.10 Å². The van der Waals surface area contributed by atoms with Crippen molar-refractivity contribution in [2.45, 2.75) is 63.3 Å². The molecule has 1 saturated heterocycles. The van der Waals surface area contributed by atoms with Crippen molar-refractivity contribution in [3.8, 4) is 0 Å². The van der Waals surface area contributed by atoms with Gasteiger partial charge in [-0.1, -0.05) is 12.8 Å². The van der Waals surface area contributed by atoms with Crippen LogP contribution in [0.4, 0.5) is 0 Å². The van der Waals surface area contributed by atoms with Gasteiger partial charge in [0.05, 0.1) is 24.4 Å². The Morgan fingerprint density at radius 2 is 2.28 bits per heavy atom. The van der Waals surface area contributed by atoms with Crippen molar-refractivity contribution < 1.29 is 4.74 Å². The Morgan fingerprint density at radius 1 is 1.44 bits per heavy atom.